The summed E-state index contributed by atoms with van der Waals surface area (Å²) in [4.78, 5) is 4.63. The summed E-state index contributed by atoms with van der Waals surface area (Å²) < 4.78 is 7.51. The summed E-state index contributed by atoms with van der Waals surface area (Å²) in [7, 11) is 0. The van der Waals surface area contributed by atoms with Crippen LogP contribution in [0.4, 0.5) is 0 Å². The highest BCUT2D eigenvalue weighted by atomic mass is 35.5. The highest BCUT2D eigenvalue weighted by Gasteiger charge is 2.12. The van der Waals surface area contributed by atoms with Crippen LogP contribution in [0.5, 0.6) is 5.75 Å². The number of benzene rings is 2. The molecular weight excluding hydrogens is 414 g/mol. The lowest BCUT2D eigenvalue weighted by atomic mass is 10.2. The normalized spacial score (nSPS) is 10.9. The molecule has 0 saturated carbocycles. The second-order valence-electron chi connectivity index (χ2n) is 5.92. The van der Waals surface area contributed by atoms with Crippen LogP contribution in [0.1, 0.15) is 16.3 Å². The van der Waals surface area contributed by atoms with E-state index in [4.69, 9.17) is 16.3 Å². The van der Waals surface area contributed by atoms with Gasteiger partial charge in [-0.05, 0) is 53.2 Å². The van der Waals surface area contributed by atoms with E-state index in [1.54, 1.807) is 39.9 Å². The number of nitrogens with zero attached hydrogens (tertiary/aromatic N) is 5. The van der Waals surface area contributed by atoms with E-state index in [0.29, 0.717) is 17.4 Å². The largest absolute Gasteiger partial charge is 0.486 e. The first kappa shape index (κ1) is 18.9. The highest BCUT2D eigenvalue weighted by molar-refractivity contribution is 7.98. The maximum Gasteiger partial charge on any atom is 0.214 e. The molecule has 0 amide bonds. The first-order valence-corrected chi connectivity index (χ1v) is 10.7. The lowest BCUT2D eigenvalue weighted by molar-refractivity contribution is 0.305. The molecule has 0 spiro atoms. The molecule has 9 heteroatoms. The quantitative estimate of drug-likeness (QED) is 0.387. The molecule has 0 radical (unpaired) electrons. The molecule has 0 aliphatic rings. The van der Waals surface area contributed by atoms with Crippen molar-refractivity contribution in [1.82, 2.24) is 25.2 Å². The SMILES string of the molecule is Cc1ccccc1-n1nnnc1SCc1csc(COc2ccc(Cl)cc2)n1. The van der Waals surface area contributed by atoms with Crippen molar-refractivity contribution < 1.29 is 4.74 Å². The van der Waals surface area contributed by atoms with Gasteiger partial charge in [0.05, 0.1) is 11.4 Å². The van der Waals surface area contributed by atoms with Gasteiger partial charge in [0, 0.05) is 16.2 Å². The van der Waals surface area contributed by atoms with E-state index >= 15 is 0 Å². The number of rotatable bonds is 7. The Kier molecular flexibility index (Phi) is 5.90. The second-order valence-corrected chi connectivity index (χ2v) is 8.25. The number of tetrazole rings is 1. The van der Waals surface area contributed by atoms with Crippen LogP contribution in [-0.2, 0) is 12.4 Å². The van der Waals surface area contributed by atoms with E-state index in [1.807, 2.05) is 48.7 Å². The lowest BCUT2D eigenvalue weighted by Crippen LogP contribution is -2.01. The number of halogens is 1. The minimum atomic E-state index is 0.428. The molecule has 0 saturated heterocycles. The molecule has 142 valence electrons. The summed E-state index contributed by atoms with van der Waals surface area (Å²) in [6, 6.07) is 15.3. The van der Waals surface area contributed by atoms with Crippen molar-refractivity contribution in [3.63, 3.8) is 0 Å². The summed E-state index contributed by atoms with van der Waals surface area (Å²) >= 11 is 9.02. The van der Waals surface area contributed by atoms with E-state index in [-0.39, 0.29) is 0 Å². The minimum absolute atomic E-state index is 0.428. The van der Waals surface area contributed by atoms with Crippen LogP contribution in [0.2, 0.25) is 5.02 Å². The van der Waals surface area contributed by atoms with Crippen molar-refractivity contribution in [1.29, 1.82) is 0 Å². The van der Waals surface area contributed by atoms with E-state index in [9.17, 15) is 0 Å². The van der Waals surface area contributed by atoms with Crippen molar-refractivity contribution in [2.75, 3.05) is 0 Å². The average Bonchev–Trinajstić information content (AvgIpc) is 3.35. The molecule has 2 heterocycles. The molecule has 0 bridgehead atoms. The van der Waals surface area contributed by atoms with Gasteiger partial charge in [0.25, 0.3) is 0 Å². The van der Waals surface area contributed by atoms with Crippen LogP contribution in [0.3, 0.4) is 0 Å². The average molecular weight is 430 g/mol. The molecule has 0 atom stereocenters. The number of thioether (sulfide) groups is 1. The lowest BCUT2D eigenvalue weighted by Gasteiger charge is -2.06. The molecule has 2 aromatic heterocycles. The first-order valence-electron chi connectivity index (χ1n) is 8.48. The fourth-order valence-electron chi connectivity index (χ4n) is 2.52. The molecule has 6 nitrogen and oxygen atoms in total. The maximum atomic E-state index is 5.88. The molecule has 2 aromatic carbocycles. The van der Waals surface area contributed by atoms with Crippen LogP contribution in [0.15, 0.2) is 59.1 Å². The summed E-state index contributed by atoms with van der Waals surface area (Å²) in [5.41, 5.74) is 3.07. The molecule has 0 fully saturated rings. The number of ether oxygens (including phenoxy) is 1. The Hall–Kier alpha value is -2.42. The number of para-hydroxylation sites is 1. The number of hydrogen-bond donors (Lipinski definition) is 0. The Morgan fingerprint density at radius 2 is 1.96 bits per heavy atom. The zero-order valence-corrected chi connectivity index (χ0v) is 17.3. The van der Waals surface area contributed by atoms with Gasteiger partial charge in [0.2, 0.25) is 5.16 Å². The molecule has 0 N–H and O–H groups in total. The zero-order valence-electron chi connectivity index (χ0n) is 14.9. The Bertz CT molecular complexity index is 1060. The standard InChI is InChI=1S/C19H16ClN5OS2/c1-13-4-2-3-5-17(13)25-19(22-23-24-25)28-12-15-11-27-18(21-15)10-26-16-8-6-14(20)7-9-16/h2-9,11H,10,12H2,1H3. The van der Waals surface area contributed by atoms with E-state index in [2.05, 4.69) is 20.5 Å². The third kappa shape index (κ3) is 4.52. The van der Waals surface area contributed by atoms with Crippen LogP contribution in [0.25, 0.3) is 5.69 Å². The summed E-state index contributed by atoms with van der Waals surface area (Å²) in [5.74, 6) is 1.46. The van der Waals surface area contributed by atoms with Gasteiger partial charge in [-0.1, -0.05) is 41.6 Å². The van der Waals surface area contributed by atoms with Crippen molar-refractivity contribution >= 4 is 34.7 Å². The van der Waals surface area contributed by atoms with E-state index in [0.717, 1.165) is 32.9 Å². The van der Waals surface area contributed by atoms with Crippen molar-refractivity contribution in [3.05, 3.63) is 75.2 Å². The fourth-order valence-corrected chi connectivity index (χ4v) is 4.23. The van der Waals surface area contributed by atoms with Gasteiger partial charge < -0.3 is 4.74 Å². The molecular formula is C19H16ClN5OS2. The van der Waals surface area contributed by atoms with Crippen LogP contribution < -0.4 is 4.74 Å². The van der Waals surface area contributed by atoms with Crippen molar-refractivity contribution in [3.8, 4) is 11.4 Å². The summed E-state index contributed by atoms with van der Waals surface area (Å²) in [5, 5.41) is 16.5. The van der Waals surface area contributed by atoms with Gasteiger partial charge in [-0.25, -0.2) is 4.98 Å². The Balaban J connectivity index is 1.37. The monoisotopic (exact) mass is 429 g/mol. The molecule has 28 heavy (non-hydrogen) atoms. The van der Waals surface area contributed by atoms with Gasteiger partial charge in [-0.2, -0.15) is 4.68 Å². The highest BCUT2D eigenvalue weighted by Crippen LogP contribution is 2.25. The second kappa shape index (κ2) is 8.72. The van der Waals surface area contributed by atoms with Gasteiger partial charge in [0.15, 0.2) is 0 Å². The van der Waals surface area contributed by atoms with Gasteiger partial charge in [-0.3, -0.25) is 0 Å². The predicted octanol–water partition coefficient (Wildman–Crippen LogP) is 4.95. The Labute approximate surface area is 175 Å². The van der Waals surface area contributed by atoms with Crippen LogP contribution >= 0.6 is 34.7 Å². The summed E-state index contributed by atoms with van der Waals surface area (Å²) in [6.45, 7) is 2.47. The third-order valence-corrected chi connectivity index (χ3v) is 5.98. The maximum absolute atomic E-state index is 5.88. The van der Waals surface area contributed by atoms with E-state index in [1.165, 1.54) is 0 Å². The van der Waals surface area contributed by atoms with Crippen LogP contribution in [0, 0.1) is 6.92 Å². The number of aryl methyl sites for hydroxylation is 1. The zero-order chi connectivity index (χ0) is 19.3. The fraction of sp³-hybridized carbons (Fsp3) is 0.158. The molecule has 0 unspecified atom stereocenters. The van der Waals surface area contributed by atoms with Gasteiger partial charge in [-0.15, -0.1) is 16.4 Å². The molecule has 0 aliphatic heterocycles. The van der Waals surface area contributed by atoms with Gasteiger partial charge >= 0.3 is 0 Å². The van der Waals surface area contributed by atoms with Crippen molar-refractivity contribution in [2.45, 2.75) is 24.4 Å². The van der Waals surface area contributed by atoms with Gasteiger partial charge in [0.1, 0.15) is 17.4 Å². The summed E-state index contributed by atoms with van der Waals surface area (Å²) in [6.07, 6.45) is 0. The topological polar surface area (TPSA) is 65.7 Å². The molecule has 0 aliphatic carbocycles. The Morgan fingerprint density at radius 1 is 1.14 bits per heavy atom. The number of aromatic nitrogens is 5. The minimum Gasteiger partial charge on any atom is -0.486 e. The Morgan fingerprint density at radius 3 is 2.79 bits per heavy atom. The number of thiazole rings is 1. The number of hydrogen-bond acceptors (Lipinski definition) is 7. The van der Waals surface area contributed by atoms with Crippen molar-refractivity contribution in [2.24, 2.45) is 0 Å². The third-order valence-electron chi connectivity index (χ3n) is 3.91. The predicted molar refractivity (Wildman–Crippen MR) is 111 cm³/mol. The smallest absolute Gasteiger partial charge is 0.214 e. The first-order chi connectivity index (χ1) is 13.7. The molecule has 4 aromatic rings. The van der Waals surface area contributed by atoms with E-state index < -0.39 is 0 Å². The van der Waals surface area contributed by atoms with Crippen LogP contribution in [-0.4, -0.2) is 25.2 Å². The molecule has 4 rings (SSSR count).